The molecule has 1 aliphatic heterocycles. The summed E-state index contributed by atoms with van der Waals surface area (Å²) in [4.78, 5) is 27.7. The van der Waals surface area contributed by atoms with Crippen molar-refractivity contribution in [1.29, 1.82) is 0 Å². The van der Waals surface area contributed by atoms with Gasteiger partial charge < -0.3 is 9.80 Å². The van der Waals surface area contributed by atoms with Crippen molar-refractivity contribution in [2.45, 2.75) is 0 Å². The van der Waals surface area contributed by atoms with E-state index in [4.69, 9.17) is 0 Å². The topological polar surface area (TPSA) is 65.6 Å². The van der Waals surface area contributed by atoms with Crippen LogP contribution in [0, 0.1) is 0 Å². The first-order chi connectivity index (χ1) is 7.93. The van der Waals surface area contributed by atoms with E-state index in [9.17, 15) is 9.59 Å². The highest BCUT2D eigenvalue weighted by molar-refractivity contribution is 6.21. The third-order valence-electron chi connectivity index (χ3n) is 2.69. The monoisotopic (exact) mass is 236 g/mol. The van der Waals surface area contributed by atoms with Crippen LogP contribution >= 0.6 is 0 Å². The van der Waals surface area contributed by atoms with Crippen LogP contribution < -0.4 is 5.43 Å². The van der Waals surface area contributed by atoms with Crippen molar-refractivity contribution < 1.29 is 9.59 Å². The van der Waals surface area contributed by atoms with Crippen LogP contribution in [-0.2, 0) is 9.59 Å². The predicted octanol–water partition coefficient (Wildman–Crippen LogP) is -0.865. The van der Waals surface area contributed by atoms with Crippen LogP contribution in [0.2, 0.25) is 0 Å². The summed E-state index contributed by atoms with van der Waals surface area (Å²) < 4.78 is 0. The van der Waals surface area contributed by atoms with Gasteiger partial charge in [0.15, 0.2) is 0 Å². The normalized spacial score (nSPS) is 19.5. The Hall–Kier alpha value is -1.82. The maximum atomic E-state index is 12.3. The fraction of sp³-hybridized carbons (Fsp3) is 0.455. The van der Waals surface area contributed by atoms with Crippen molar-refractivity contribution in [3.8, 4) is 0 Å². The van der Waals surface area contributed by atoms with Crippen molar-refractivity contribution in [1.82, 2.24) is 20.2 Å². The first-order valence-electron chi connectivity index (χ1n) is 5.34. The molecule has 1 heterocycles. The Morgan fingerprint density at radius 3 is 2.18 bits per heavy atom. The number of ketones is 2. The lowest BCUT2D eigenvalue weighted by Gasteiger charge is -2.26. The number of carbonyl (C=O) groups is 2. The average Bonchev–Trinajstić information content (AvgIpc) is 3.02. The highest BCUT2D eigenvalue weighted by atomic mass is 16.1. The molecule has 0 atom stereocenters. The zero-order valence-electron chi connectivity index (χ0n) is 10.4. The standard InChI is InChI=1S/C11H16N4O2/c1-13(2)7-5-8(16)9(14(3)4)10(11(7)17)15-6-12-15/h5,12H,6H2,1-4H3. The molecular weight excluding hydrogens is 220 g/mol. The van der Waals surface area contributed by atoms with Gasteiger partial charge in [-0.3, -0.25) is 14.6 Å². The average molecular weight is 236 g/mol. The predicted molar refractivity (Wildman–Crippen MR) is 62.3 cm³/mol. The smallest absolute Gasteiger partial charge is 0.228 e. The molecule has 1 N–H and O–H groups in total. The molecule has 1 fully saturated rings. The Balaban J connectivity index is 2.48. The van der Waals surface area contributed by atoms with E-state index in [1.54, 1.807) is 43.0 Å². The van der Waals surface area contributed by atoms with Crippen molar-refractivity contribution in [3.05, 3.63) is 23.2 Å². The number of hydrazine groups is 1. The molecule has 92 valence electrons. The van der Waals surface area contributed by atoms with E-state index in [1.165, 1.54) is 6.08 Å². The maximum absolute atomic E-state index is 12.3. The van der Waals surface area contributed by atoms with Crippen LogP contribution in [-0.4, -0.2) is 61.2 Å². The molecule has 0 bridgehead atoms. The van der Waals surface area contributed by atoms with E-state index in [0.717, 1.165) is 0 Å². The number of Topliss-reactive ketones (excluding diaryl/α,β-unsaturated/α-hetero) is 1. The van der Waals surface area contributed by atoms with Crippen LogP contribution in [0.4, 0.5) is 0 Å². The summed E-state index contributed by atoms with van der Waals surface area (Å²) in [6.45, 7) is 0.604. The Labute approximate surface area is 100 Å². The molecule has 1 aliphatic carbocycles. The van der Waals surface area contributed by atoms with Crippen molar-refractivity contribution in [2.24, 2.45) is 0 Å². The van der Waals surface area contributed by atoms with Crippen LogP contribution in [0.15, 0.2) is 23.2 Å². The first-order valence-corrected chi connectivity index (χ1v) is 5.34. The quantitative estimate of drug-likeness (QED) is 0.508. The lowest BCUT2D eigenvalue weighted by molar-refractivity contribution is -0.118. The summed E-state index contributed by atoms with van der Waals surface area (Å²) in [5.74, 6) is -0.259. The number of hydrogen-bond acceptors (Lipinski definition) is 6. The van der Waals surface area contributed by atoms with Crippen LogP contribution in [0.3, 0.4) is 0 Å². The summed E-state index contributed by atoms with van der Waals surface area (Å²) in [6, 6.07) is 0. The van der Waals surface area contributed by atoms with E-state index in [2.05, 4.69) is 5.43 Å². The number of carbonyl (C=O) groups excluding carboxylic acids is 2. The molecule has 6 heteroatoms. The SMILES string of the molecule is CN(C)C1=CC(=O)C(N(C)C)=C(N2CN2)C1=O. The maximum Gasteiger partial charge on any atom is 0.228 e. The summed E-state index contributed by atoms with van der Waals surface area (Å²) in [5.41, 5.74) is 4.22. The first kappa shape index (κ1) is 11.7. The van der Waals surface area contributed by atoms with Crippen molar-refractivity contribution in [2.75, 3.05) is 34.9 Å². The third kappa shape index (κ3) is 1.91. The van der Waals surface area contributed by atoms with Crippen molar-refractivity contribution in [3.63, 3.8) is 0 Å². The lowest BCUT2D eigenvalue weighted by atomic mass is 10.0. The number of allylic oxidation sites excluding steroid dienone is 1. The molecule has 2 aliphatic rings. The van der Waals surface area contributed by atoms with E-state index in [-0.39, 0.29) is 11.6 Å². The Bertz CT molecular complexity index is 444. The van der Waals surface area contributed by atoms with Crippen molar-refractivity contribution >= 4 is 11.6 Å². The number of nitrogens with one attached hydrogen (secondary N) is 1. The van der Waals surface area contributed by atoms with E-state index in [1.807, 2.05) is 0 Å². The molecule has 0 saturated carbocycles. The molecule has 0 aromatic heterocycles. The van der Waals surface area contributed by atoms with Gasteiger partial charge in [-0.15, -0.1) is 0 Å². The minimum absolute atomic E-state index is 0.122. The van der Waals surface area contributed by atoms with Crippen LogP contribution in [0.5, 0.6) is 0 Å². The summed E-state index contributed by atoms with van der Waals surface area (Å²) in [7, 11) is 7.03. The van der Waals surface area contributed by atoms with Gasteiger partial charge in [-0.25, -0.2) is 5.43 Å². The van der Waals surface area contributed by atoms with Crippen LogP contribution in [0.1, 0.15) is 0 Å². The van der Waals surface area contributed by atoms with Gasteiger partial charge in [0, 0.05) is 34.3 Å². The van der Waals surface area contributed by atoms with Gasteiger partial charge in [-0.1, -0.05) is 0 Å². The van der Waals surface area contributed by atoms with E-state index in [0.29, 0.717) is 23.8 Å². The molecule has 2 rings (SSSR count). The fourth-order valence-electron chi connectivity index (χ4n) is 1.81. The van der Waals surface area contributed by atoms with Gasteiger partial charge in [-0.2, -0.15) is 0 Å². The number of nitrogens with zero attached hydrogens (tertiary/aromatic N) is 3. The second-order valence-corrected chi connectivity index (χ2v) is 4.45. The number of rotatable bonds is 3. The van der Waals surface area contributed by atoms with E-state index >= 15 is 0 Å². The Morgan fingerprint density at radius 1 is 1.18 bits per heavy atom. The largest absolute Gasteiger partial charge is 0.374 e. The molecule has 0 aromatic carbocycles. The minimum atomic E-state index is -0.137. The third-order valence-corrected chi connectivity index (χ3v) is 2.69. The number of likely N-dealkylation sites (N-methyl/N-ethyl adjacent to an activating group) is 2. The zero-order chi connectivity index (χ0) is 12.7. The summed E-state index contributed by atoms with van der Waals surface area (Å²) in [5, 5.41) is 1.69. The molecule has 0 amide bonds. The molecular formula is C11H16N4O2. The Morgan fingerprint density at radius 2 is 1.76 bits per heavy atom. The van der Waals surface area contributed by atoms with Gasteiger partial charge in [0.2, 0.25) is 11.6 Å². The van der Waals surface area contributed by atoms with Gasteiger partial charge in [0.05, 0.1) is 5.70 Å². The molecule has 1 saturated heterocycles. The molecule has 6 nitrogen and oxygen atoms in total. The Kier molecular flexibility index (Phi) is 2.66. The van der Waals surface area contributed by atoms with E-state index < -0.39 is 0 Å². The summed E-state index contributed by atoms with van der Waals surface area (Å²) >= 11 is 0. The molecule has 0 radical (unpaired) electrons. The molecule has 0 aromatic rings. The van der Waals surface area contributed by atoms with Gasteiger partial charge in [0.1, 0.15) is 18.1 Å². The van der Waals surface area contributed by atoms with Gasteiger partial charge in [0.25, 0.3) is 0 Å². The second kappa shape index (κ2) is 3.89. The van der Waals surface area contributed by atoms with Gasteiger partial charge in [-0.05, 0) is 0 Å². The molecule has 0 spiro atoms. The second-order valence-electron chi connectivity index (χ2n) is 4.45. The minimum Gasteiger partial charge on any atom is -0.374 e. The zero-order valence-corrected chi connectivity index (χ0v) is 10.4. The van der Waals surface area contributed by atoms with Gasteiger partial charge >= 0.3 is 0 Å². The van der Waals surface area contributed by atoms with Crippen LogP contribution in [0.25, 0.3) is 0 Å². The fourth-order valence-corrected chi connectivity index (χ4v) is 1.81. The lowest BCUT2D eigenvalue weighted by Crippen LogP contribution is -2.35. The highest BCUT2D eigenvalue weighted by Gasteiger charge is 2.37. The summed E-state index contributed by atoms with van der Waals surface area (Å²) in [6.07, 6.45) is 1.39. The molecule has 17 heavy (non-hydrogen) atoms. The highest BCUT2D eigenvalue weighted by Crippen LogP contribution is 2.26. The number of hydrogen-bond donors (Lipinski definition) is 1. The molecule has 0 unspecified atom stereocenters.